The summed E-state index contributed by atoms with van der Waals surface area (Å²) in [5.74, 6) is 0. The van der Waals surface area contributed by atoms with Crippen LogP contribution in [0, 0.1) is 5.21 Å². The maximum absolute atomic E-state index is 11.4. The first kappa shape index (κ1) is 14.1. The lowest BCUT2D eigenvalue weighted by molar-refractivity contribution is -0.751. The molecule has 2 aromatic rings. The monoisotopic (exact) mass is 273 g/mol. The maximum atomic E-state index is 11.4. The summed E-state index contributed by atoms with van der Waals surface area (Å²) in [7, 11) is 1.44. The molecule has 0 aliphatic rings. The molecule has 1 aromatic carbocycles. The molecule has 20 heavy (non-hydrogen) atoms. The molecule has 0 aliphatic heterocycles. The van der Waals surface area contributed by atoms with E-state index >= 15 is 0 Å². The Morgan fingerprint density at radius 3 is 2.70 bits per heavy atom. The maximum Gasteiger partial charge on any atom is 0.136 e. The molecular weight excluding hydrogens is 258 g/mol. The highest BCUT2D eigenvalue weighted by molar-refractivity contribution is 6.12. The molecule has 3 N–H and O–H groups in total. The molecule has 0 amide bonds. The van der Waals surface area contributed by atoms with Gasteiger partial charge < -0.3 is 20.6 Å². The Balaban J connectivity index is 2.47. The summed E-state index contributed by atoms with van der Waals surface area (Å²) in [5, 5.41) is 33.2. The summed E-state index contributed by atoms with van der Waals surface area (Å²) in [4.78, 5) is 3.97. The number of aliphatic hydroxyl groups is 1. The predicted octanol–water partition coefficient (Wildman–Crippen LogP) is 0.445. The Morgan fingerprint density at radius 2 is 2.15 bits per heavy atom. The van der Waals surface area contributed by atoms with E-state index in [1.54, 1.807) is 42.7 Å². The van der Waals surface area contributed by atoms with Gasteiger partial charge in [0.05, 0.1) is 13.7 Å². The molecule has 1 unspecified atom stereocenters. The van der Waals surface area contributed by atoms with E-state index in [0.29, 0.717) is 28.1 Å². The number of hydrogen-bond acceptors (Lipinski definition) is 5. The van der Waals surface area contributed by atoms with Gasteiger partial charge in [-0.3, -0.25) is 4.98 Å². The lowest BCUT2D eigenvalue weighted by Gasteiger charge is -2.19. The van der Waals surface area contributed by atoms with Crippen LogP contribution in [0.2, 0.25) is 0 Å². The van der Waals surface area contributed by atoms with Crippen molar-refractivity contribution in [3.8, 4) is 0 Å². The highest BCUT2D eigenvalue weighted by atomic mass is 16.5. The van der Waals surface area contributed by atoms with E-state index < -0.39 is 0 Å². The van der Waals surface area contributed by atoms with Gasteiger partial charge in [-0.05, 0) is 24.3 Å². The fraction of sp³-hybridized carbons (Fsp3) is 0.143. The molecule has 104 valence electrons. The summed E-state index contributed by atoms with van der Waals surface area (Å²) in [6.07, 6.45) is 3.20. The first-order chi connectivity index (χ1) is 9.67. The number of nitrogens with zero attached hydrogens (tertiary/aromatic N) is 2. The van der Waals surface area contributed by atoms with Crippen LogP contribution in [-0.4, -0.2) is 28.1 Å². The molecule has 6 nitrogen and oxygen atoms in total. The lowest BCUT2D eigenvalue weighted by atomic mass is 10.0. The van der Waals surface area contributed by atoms with Crippen LogP contribution in [0.15, 0.2) is 47.9 Å². The van der Waals surface area contributed by atoms with Crippen molar-refractivity contribution in [1.82, 2.24) is 4.98 Å². The summed E-state index contributed by atoms with van der Waals surface area (Å²) < 4.78 is 0. The van der Waals surface area contributed by atoms with E-state index in [1.165, 1.54) is 7.05 Å². The molecule has 0 saturated carbocycles. The van der Waals surface area contributed by atoms with Crippen LogP contribution in [0.25, 0.3) is 0 Å². The number of hydrogen-bond donors (Lipinski definition) is 3. The third kappa shape index (κ3) is 2.83. The average Bonchev–Trinajstić information content (AvgIpc) is 2.48. The summed E-state index contributed by atoms with van der Waals surface area (Å²) in [6.45, 7) is -0.255. The predicted molar refractivity (Wildman–Crippen MR) is 73.9 cm³/mol. The number of nitrogens with one attached hydrogen (secondary N) is 1. The minimum atomic E-state index is -0.255. The van der Waals surface area contributed by atoms with Gasteiger partial charge in [0.2, 0.25) is 0 Å². The van der Waals surface area contributed by atoms with Crippen molar-refractivity contribution in [3.05, 3.63) is 64.6 Å². The standard InChI is InChI=1S/C14H15N3O3/c1-17(20)13-5-4-10(7-12(13)9-18)14(16-19)11-3-2-6-15-8-11/h2-8,17-19H,9H2,1H3/b16-14-. The van der Waals surface area contributed by atoms with E-state index in [2.05, 4.69) is 10.1 Å². The van der Waals surface area contributed by atoms with Gasteiger partial charge in [-0.25, -0.2) is 0 Å². The number of benzene rings is 1. The number of pyridine rings is 1. The van der Waals surface area contributed by atoms with Crippen LogP contribution < -0.4 is 5.06 Å². The summed E-state index contributed by atoms with van der Waals surface area (Å²) in [5.41, 5.74) is 2.55. The largest absolute Gasteiger partial charge is 0.629 e. The van der Waals surface area contributed by atoms with E-state index in [1.807, 2.05) is 0 Å². The summed E-state index contributed by atoms with van der Waals surface area (Å²) in [6, 6.07) is 8.43. The average molecular weight is 273 g/mol. The van der Waals surface area contributed by atoms with Crippen LogP contribution in [0.4, 0.5) is 5.69 Å². The van der Waals surface area contributed by atoms with Crippen molar-refractivity contribution in [2.75, 3.05) is 7.05 Å². The van der Waals surface area contributed by atoms with Gasteiger partial charge in [-0.1, -0.05) is 5.16 Å². The van der Waals surface area contributed by atoms with Crippen LogP contribution in [0.5, 0.6) is 0 Å². The normalized spacial score (nSPS) is 13.2. The minimum absolute atomic E-state index is 0.121. The van der Waals surface area contributed by atoms with E-state index in [9.17, 15) is 15.5 Å². The molecule has 1 heterocycles. The molecule has 0 radical (unpaired) electrons. The second-order valence-corrected chi connectivity index (χ2v) is 4.28. The molecule has 6 heteroatoms. The van der Waals surface area contributed by atoms with Crippen LogP contribution in [0.3, 0.4) is 0 Å². The zero-order chi connectivity index (χ0) is 14.5. The highest BCUT2D eigenvalue weighted by Gasteiger charge is 2.13. The second kappa shape index (κ2) is 6.25. The quantitative estimate of drug-likeness (QED) is 0.428. The van der Waals surface area contributed by atoms with Gasteiger partial charge in [0.1, 0.15) is 11.4 Å². The number of quaternary nitrogens is 1. The Hall–Kier alpha value is -2.28. The van der Waals surface area contributed by atoms with Crippen molar-refractivity contribution >= 4 is 11.4 Å². The molecule has 0 aliphatic carbocycles. The molecule has 1 aromatic heterocycles. The first-order valence-corrected chi connectivity index (χ1v) is 6.05. The lowest BCUT2D eigenvalue weighted by Crippen LogP contribution is -2.98. The first-order valence-electron chi connectivity index (χ1n) is 6.05. The van der Waals surface area contributed by atoms with Crippen LogP contribution in [-0.2, 0) is 6.61 Å². The van der Waals surface area contributed by atoms with Gasteiger partial charge in [-0.15, -0.1) is 0 Å². The van der Waals surface area contributed by atoms with E-state index in [0.717, 1.165) is 0 Å². The van der Waals surface area contributed by atoms with Crippen molar-refractivity contribution < 1.29 is 15.4 Å². The smallest absolute Gasteiger partial charge is 0.136 e. The number of rotatable bonds is 4. The zero-order valence-corrected chi connectivity index (χ0v) is 10.9. The molecule has 1 atom stereocenters. The van der Waals surface area contributed by atoms with Gasteiger partial charge >= 0.3 is 0 Å². The van der Waals surface area contributed by atoms with Gasteiger partial charge in [0.25, 0.3) is 0 Å². The molecule has 0 bridgehead atoms. The van der Waals surface area contributed by atoms with Crippen molar-refractivity contribution in [2.24, 2.45) is 5.16 Å². The Bertz CT molecular complexity index is 612. The number of aromatic nitrogens is 1. The SMILES string of the molecule is C[NH+]([O-])c1ccc(/C(=N/O)c2cccnc2)cc1CO. The molecule has 0 fully saturated rings. The fourth-order valence-corrected chi connectivity index (χ4v) is 2.00. The van der Waals surface area contributed by atoms with Gasteiger partial charge in [0.15, 0.2) is 0 Å². The van der Waals surface area contributed by atoms with E-state index in [-0.39, 0.29) is 11.7 Å². The minimum Gasteiger partial charge on any atom is -0.629 e. The molecular formula is C14H15N3O3. The Labute approximate surface area is 116 Å². The van der Waals surface area contributed by atoms with Crippen molar-refractivity contribution in [2.45, 2.75) is 6.61 Å². The third-order valence-corrected chi connectivity index (χ3v) is 2.96. The molecule has 0 spiro atoms. The van der Waals surface area contributed by atoms with Crippen molar-refractivity contribution in [3.63, 3.8) is 0 Å². The van der Waals surface area contributed by atoms with Crippen molar-refractivity contribution in [1.29, 1.82) is 0 Å². The third-order valence-electron chi connectivity index (χ3n) is 2.96. The van der Waals surface area contributed by atoms with Gasteiger partial charge in [-0.2, -0.15) is 0 Å². The van der Waals surface area contributed by atoms with Gasteiger partial charge in [0, 0.05) is 35.2 Å². The second-order valence-electron chi connectivity index (χ2n) is 4.28. The van der Waals surface area contributed by atoms with E-state index in [4.69, 9.17) is 0 Å². The number of aliphatic hydroxyl groups excluding tert-OH is 1. The summed E-state index contributed by atoms with van der Waals surface area (Å²) >= 11 is 0. The fourth-order valence-electron chi connectivity index (χ4n) is 2.00. The Kier molecular flexibility index (Phi) is 4.41. The van der Waals surface area contributed by atoms with Crippen LogP contribution >= 0.6 is 0 Å². The molecule has 2 rings (SSSR count). The van der Waals surface area contributed by atoms with Crippen LogP contribution in [0.1, 0.15) is 16.7 Å². The topological polar surface area (TPSA) is 93.2 Å². The number of oxime groups is 1. The Morgan fingerprint density at radius 1 is 1.35 bits per heavy atom. The zero-order valence-electron chi connectivity index (χ0n) is 10.9. The number of hydroxylamine groups is 1. The highest BCUT2D eigenvalue weighted by Crippen LogP contribution is 2.17. The molecule has 0 saturated heterocycles.